The van der Waals surface area contributed by atoms with Crippen LogP contribution in [0.25, 0.3) is 65.7 Å². The van der Waals surface area contributed by atoms with Gasteiger partial charge >= 0.3 is 0 Å². The van der Waals surface area contributed by atoms with Gasteiger partial charge < -0.3 is 4.42 Å². The summed E-state index contributed by atoms with van der Waals surface area (Å²) in [4.78, 5) is 0. The normalized spacial score (nSPS) is 12.2. The molecule has 0 N–H and O–H groups in total. The second-order valence-electron chi connectivity index (χ2n) is 12.7. The molecule has 0 aliphatic carbocycles. The van der Waals surface area contributed by atoms with Gasteiger partial charge in [-0.05, 0) is 79.0 Å². The standard InChI is InChI=1S/C36H20B8O/c1-36(2,3)17-10-12-21-19(14-17)18-13-16(9-11-20(18)45-21)23-26-24(28(37)32(41)34(43)30(26)39)22(15-7-5-4-6-8-15)25-27(23)31(40)35(44)33(42)29(25)38/h4-14H,1-3H3. The van der Waals surface area contributed by atoms with Gasteiger partial charge in [0.2, 0.25) is 0 Å². The predicted octanol–water partition coefficient (Wildman–Crippen LogP) is 0.874. The molecule has 0 fully saturated rings. The average molecular weight is 555 g/mol. The van der Waals surface area contributed by atoms with Crippen LogP contribution in [-0.4, -0.2) is 62.8 Å². The van der Waals surface area contributed by atoms with E-state index in [9.17, 15) is 0 Å². The quantitative estimate of drug-likeness (QED) is 0.228. The highest BCUT2D eigenvalue weighted by molar-refractivity contribution is 6.71. The number of fused-ring (bicyclic) bond motifs is 5. The first-order chi connectivity index (χ1) is 21.3. The minimum absolute atomic E-state index is 0.0536. The largest absolute Gasteiger partial charge is 0.456 e. The summed E-state index contributed by atoms with van der Waals surface area (Å²) in [5.41, 5.74) is 7.41. The Kier molecular flexibility index (Phi) is 6.86. The molecule has 1 heterocycles. The second-order valence-corrected chi connectivity index (χ2v) is 12.7. The molecule has 6 aromatic carbocycles. The SMILES string of the molecule is [B]c1c([B])c([B])c2c(-c3ccc4oc5ccc(C(C)(C)C)cc5c4c3)c3c([B])c([B])c([B])c([B])c3c(-c3ccccc3)c2c1[B]. The van der Waals surface area contributed by atoms with Crippen molar-refractivity contribution in [1.82, 2.24) is 0 Å². The molecule has 0 bridgehead atoms. The molecule has 194 valence electrons. The zero-order valence-electron chi connectivity index (χ0n) is 25.4. The van der Waals surface area contributed by atoms with Gasteiger partial charge in [-0.3, -0.25) is 0 Å². The number of hydrogen-bond acceptors (Lipinski definition) is 1. The fraction of sp³-hybridized carbons (Fsp3) is 0.111. The summed E-state index contributed by atoms with van der Waals surface area (Å²) in [7, 11) is 53.4. The summed E-state index contributed by atoms with van der Waals surface area (Å²) >= 11 is 0. The van der Waals surface area contributed by atoms with Gasteiger partial charge in [0.1, 0.15) is 73.9 Å². The number of hydrogen-bond donors (Lipinski definition) is 0. The molecule has 0 spiro atoms. The first kappa shape index (κ1) is 29.8. The van der Waals surface area contributed by atoms with E-state index in [4.69, 9.17) is 67.2 Å². The summed E-state index contributed by atoms with van der Waals surface area (Å²) in [5, 5.41) is 4.27. The Bertz CT molecular complexity index is 2300. The van der Waals surface area contributed by atoms with Gasteiger partial charge in [0.05, 0.1) is 0 Å². The molecule has 0 aliphatic rings. The van der Waals surface area contributed by atoms with E-state index in [-0.39, 0.29) is 49.1 Å². The van der Waals surface area contributed by atoms with E-state index >= 15 is 0 Å². The van der Waals surface area contributed by atoms with Gasteiger partial charge in [0.15, 0.2) is 0 Å². The van der Waals surface area contributed by atoms with Crippen LogP contribution in [-0.2, 0) is 5.41 Å². The van der Waals surface area contributed by atoms with Crippen molar-refractivity contribution in [2.24, 2.45) is 0 Å². The Morgan fingerprint density at radius 2 is 0.867 bits per heavy atom. The van der Waals surface area contributed by atoms with Crippen molar-refractivity contribution in [2.45, 2.75) is 26.2 Å². The molecule has 0 unspecified atom stereocenters. The van der Waals surface area contributed by atoms with Gasteiger partial charge in [-0.2, -0.15) is 0 Å². The van der Waals surface area contributed by atoms with Crippen molar-refractivity contribution in [3.63, 3.8) is 0 Å². The average Bonchev–Trinajstić information content (AvgIpc) is 3.40. The Balaban J connectivity index is 1.75. The van der Waals surface area contributed by atoms with E-state index in [0.717, 1.165) is 33.1 Å². The molecule has 0 amide bonds. The molecule has 9 heteroatoms. The molecular weight excluding hydrogens is 535 g/mol. The molecule has 0 atom stereocenters. The lowest BCUT2D eigenvalue weighted by Gasteiger charge is -2.28. The maximum Gasteiger partial charge on any atom is 0.135 e. The number of benzene rings is 6. The van der Waals surface area contributed by atoms with Crippen LogP contribution in [0.1, 0.15) is 26.3 Å². The molecule has 1 aromatic heterocycles. The second kappa shape index (κ2) is 10.3. The van der Waals surface area contributed by atoms with E-state index < -0.39 is 0 Å². The monoisotopic (exact) mass is 556 g/mol. The van der Waals surface area contributed by atoms with E-state index in [1.54, 1.807) is 0 Å². The number of furan rings is 1. The Morgan fingerprint density at radius 1 is 0.444 bits per heavy atom. The summed E-state index contributed by atoms with van der Waals surface area (Å²) in [5.74, 6) is 0. The third-order valence-electron chi connectivity index (χ3n) is 9.00. The molecule has 0 saturated heterocycles. The fourth-order valence-corrected chi connectivity index (χ4v) is 6.53. The van der Waals surface area contributed by atoms with Crippen LogP contribution >= 0.6 is 0 Å². The molecule has 7 aromatic rings. The molecule has 1 nitrogen and oxygen atoms in total. The minimum Gasteiger partial charge on any atom is -0.456 e. The fourth-order valence-electron chi connectivity index (χ4n) is 6.53. The molecule has 0 aliphatic heterocycles. The van der Waals surface area contributed by atoms with Crippen LogP contribution in [0.4, 0.5) is 0 Å². The highest BCUT2D eigenvalue weighted by atomic mass is 16.3. The maximum atomic E-state index is 6.86. The van der Waals surface area contributed by atoms with E-state index in [0.29, 0.717) is 32.7 Å². The Hall–Kier alpha value is -3.84. The van der Waals surface area contributed by atoms with Crippen LogP contribution in [0.3, 0.4) is 0 Å². The maximum absolute atomic E-state index is 6.86. The summed E-state index contributed by atoms with van der Waals surface area (Å²) in [6, 6.07) is 21.9. The molecular formula is C36H20B8O. The first-order valence-corrected chi connectivity index (χ1v) is 14.6. The van der Waals surface area contributed by atoms with Crippen molar-refractivity contribution in [3.8, 4) is 22.3 Å². The lowest BCUT2D eigenvalue weighted by Crippen LogP contribution is -2.50. The van der Waals surface area contributed by atoms with E-state index in [1.165, 1.54) is 5.56 Å². The first-order valence-electron chi connectivity index (χ1n) is 14.6. The molecule has 16 radical (unpaired) electrons. The highest BCUT2D eigenvalue weighted by Gasteiger charge is 2.25. The zero-order chi connectivity index (χ0) is 32.1. The van der Waals surface area contributed by atoms with E-state index in [2.05, 4.69) is 39.0 Å². The van der Waals surface area contributed by atoms with Gasteiger partial charge in [0.25, 0.3) is 0 Å². The smallest absolute Gasteiger partial charge is 0.135 e. The van der Waals surface area contributed by atoms with E-state index in [1.807, 2.05) is 48.5 Å². The minimum atomic E-state index is -0.0536. The zero-order valence-corrected chi connectivity index (χ0v) is 25.4. The topological polar surface area (TPSA) is 13.1 Å². The molecule has 45 heavy (non-hydrogen) atoms. The number of rotatable bonds is 2. The van der Waals surface area contributed by atoms with Crippen molar-refractivity contribution in [3.05, 3.63) is 72.3 Å². The summed E-state index contributed by atoms with van der Waals surface area (Å²) < 4.78 is 6.26. The van der Waals surface area contributed by atoms with Crippen molar-refractivity contribution < 1.29 is 4.42 Å². The Labute approximate surface area is 274 Å². The molecule has 7 rings (SSSR count). The van der Waals surface area contributed by atoms with Gasteiger partial charge in [0, 0.05) is 10.8 Å². The van der Waals surface area contributed by atoms with Crippen LogP contribution in [0, 0.1) is 0 Å². The summed E-state index contributed by atoms with van der Waals surface area (Å²) in [6.07, 6.45) is 0. The third-order valence-corrected chi connectivity index (χ3v) is 9.00. The highest BCUT2D eigenvalue weighted by Crippen LogP contribution is 2.42. The van der Waals surface area contributed by atoms with Gasteiger partial charge in [-0.15, -0.1) is 21.9 Å². The molecule has 0 saturated carbocycles. The van der Waals surface area contributed by atoms with Crippen molar-refractivity contribution in [2.75, 3.05) is 0 Å². The van der Waals surface area contributed by atoms with Gasteiger partial charge in [-0.1, -0.05) is 85.1 Å². The lowest BCUT2D eigenvalue weighted by atomic mass is 9.59. The van der Waals surface area contributed by atoms with Crippen LogP contribution in [0.2, 0.25) is 0 Å². The lowest BCUT2D eigenvalue weighted by molar-refractivity contribution is 0.590. The van der Waals surface area contributed by atoms with Gasteiger partial charge in [-0.25, -0.2) is 0 Å². The van der Waals surface area contributed by atoms with Crippen LogP contribution < -0.4 is 43.7 Å². The third kappa shape index (κ3) is 4.33. The Morgan fingerprint density at radius 3 is 1.33 bits per heavy atom. The van der Waals surface area contributed by atoms with Crippen LogP contribution in [0.15, 0.2) is 71.1 Å². The van der Waals surface area contributed by atoms with Crippen molar-refractivity contribution in [1.29, 1.82) is 0 Å². The van der Waals surface area contributed by atoms with Crippen LogP contribution in [0.5, 0.6) is 0 Å². The summed E-state index contributed by atoms with van der Waals surface area (Å²) in [6.45, 7) is 6.54. The van der Waals surface area contributed by atoms with Crippen molar-refractivity contribution >= 4 is 150 Å². The predicted molar refractivity (Wildman–Crippen MR) is 201 cm³/mol.